The van der Waals surface area contributed by atoms with Crippen LogP contribution in [0.15, 0.2) is 42.7 Å². The fourth-order valence-corrected chi connectivity index (χ4v) is 2.66. The summed E-state index contributed by atoms with van der Waals surface area (Å²) in [7, 11) is 1.90. The molecule has 0 fully saturated rings. The lowest BCUT2D eigenvalue weighted by Crippen LogP contribution is -2.28. The third-order valence-electron chi connectivity index (χ3n) is 3.68. The van der Waals surface area contributed by atoms with Crippen molar-refractivity contribution in [2.75, 3.05) is 5.32 Å². The van der Waals surface area contributed by atoms with E-state index in [1.54, 1.807) is 23.0 Å². The largest absolute Gasteiger partial charge is 0.357 e. The van der Waals surface area contributed by atoms with Crippen molar-refractivity contribution in [3.8, 4) is 0 Å². The first kappa shape index (κ1) is 17.1. The van der Waals surface area contributed by atoms with Gasteiger partial charge in [0.25, 0.3) is 0 Å². The van der Waals surface area contributed by atoms with Crippen LogP contribution in [0.1, 0.15) is 17.0 Å². The lowest BCUT2D eigenvalue weighted by Gasteiger charge is -2.09. The van der Waals surface area contributed by atoms with Gasteiger partial charge < -0.3 is 10.6 Å². The van der Waals surface area contributed by atoms with Crippen molar-refractivity contribution >= 4 is 23.0 Å². The molecule has 2 heterocycles. The van der Waals surface area contributed by atoms with Gasteiger partial charge in [-0.1, -0.05) is 12.1 Å². The third kappa shape index (κ3) is 4.63. The maximum atomic E-state index is 12.9. The first-order valence-electron chi connectivity index (χ1n) is 7.81. The molecular formula is C17H19FN6S. The predicted molar refractivity (Wildman–Crippen MR) is 98.7 cm³/mol. The molecule has 0 aliphatic rings. The van der Waals surface area contributed by atoms with E-state index in [9.17, 15) is 4.39 Å². The van der Waals surface area contributed by atoms with Gasteiger partial charge in [0, 0.05) is 13.2 Å². The molecule has 0 bridgehead atoms. The molecule has 0 aliphatic carbocycles. The molecule has 0 spiro atoms. The highest BCUT2D eigenvalue weighted by molar-refractivity contribution is 7.80. The van der Waals surface area contributed by atoms with E-state index < -0.39 is 0 Å². The van der Waals surface area contributed by atoms with Crippen molar-refractivity contribution in [3.63, 3.8) is 0 Å². The molecule has 0 atom stereocenters. The zero-order chi connectivity index (χ0) is 17.8. The van der Waals surface area contributed by atoms with Gasteiger partial charge in [-0.3, -0.25) is 9.36 Å². The summed E-state index contributed by atoms with van der Waals surface area (Å²) in [6.45, 7) is 3.11. The fourth-order valence-electron chi connectivity index (χ4n) is 2.47. The van der Waals surface area contributed by atoms with Crippen LogP contribution in [0.4, 0.5) is 10.1 Å². The molecule has 25 heavy (non-hydrogen) atoms. The molecule has 8 heteroatoms. The smallest absolute Gasteiger partial charge is 0.171 e. The van der Waals surface area contributed by atoms with Gasteiger partial charge in [0.2, 0.25) is 0 Å². The van der Waals surface area contributed by atoms with Crippen molar-refractivity contribution in [3.05, 3.63) is 65.5 Å². The second-order valence-electron chi connectivity index (χ2n) is 5.76. The van der Waals surface area contributed by atoms with E-state index in [1.807, 2.05) is 30.9 Å². The minimum atomic E-state index is -0.244. The summed E-state index contributed by atoms with van der Waals surface area (Å²) in [4.78, 5) is 0. The molecule has 3 rings (SSSR count). The van der Waals surface area contributed by atoms with Crippen LogP contribution in [0, 0.1) is 12.7 Å². The number of halogens is 1. The van der Waals surface area contributed by atoms with Crippen LogP contribution in [-0.4, -0.2) is 24.7 Å². The van der Waals surface area contributed by atoms with Gasteiger partial charge in [0.15, 0.2) is 5.11 Å². The van der Waals surface area contributed by atoms with Gasteiger partial charge in [-0.15, -0.1) is 0 Å². The summed E-state index contributed by atoms with van der Waals surface area (Å²) in [6.07, 6.45) is 3.55. The Morgan fingerprint density at radius 3 is 2.72 bits per heavy atom. The molecule has 0 saturated heterocycles. The van der Waals surface area contributed by atoms with Crippen molar-refractivity contribution < 1.29 is 4.39 Å². The third-order valence-corrected chi connectivity index (χ3v) is 3.92. The number of rotatable bonds is 5. The van der Waals surface area contributed by atoms with Gasteiger partial charge >= 0.3 is 0 Å². The molecule has 0 aliphatic heterocycles. The van der Waals surface area contributed by atoms with Crippen LogP contribution in [0.5, 0.6) is 0 Å². The Kier molecular flexibility index (Phi) is 5.08. The Balaban J connectivity index is 1.53. The van der Waals surface area contributed by atoms with Gasteiger partial charge in [-0.2, -0.15) is 10.2 Å². The van der Waals surface area contributed by atoms with Crippen LogP contribution in [-0.2, 0) is 20.1 Å². The first-order valence-corrected chi connectivity index (χ1v) is 8.22. The van der Waals surface area contributed by atoms with Crippen molar-refractivity contribution in [1.82, 2.24) is 24.9 Å². The number of nitrogens with one attached hydrogen (secondary N) is 2. The summed E-state index contributed by atoms with van der Waals surface area (Å²) in [5, 5.41) is 15.3. The summed E-state index contributed by atoms with van der Waals surface area (Å²) in [6, 6.07) is 8.38. The van der Waals surface area contributed by atoms with Crippen molar-refractivity contribution in [1.29, 1.82) is 0 Å². The summed E-state index contributed by atoms with van der Waals surface area (Å²) < 4.78 is 16.5. The number of hydrogen-bond acceptors (Lipinski definition) is 3. The van der Waals surface area contributed by atoms with E-state index in [0.29, 0.717) is 18.2 Å². The van der Waals surface area contributed by atoms with Crippen LogP contribution in [0.3, 0.4) is 0 Å². The molecule has 1 aromatic carbocycles. The van der Waals surface area contributed by atoms with Crippen LogP contribution in [0.25, 0.3) is 0 Å². The molecule has 2 N–H and O–H groups in total. The van der Waals surface area contributed by atoms with Crippen LogP contribution >= 0.6 is 12.2 Å². The van der Waals surface area contributed by atoms with E-state index in [0.717, 1.165) is 22.6 Å². The molecule has 0 radical (unpaired) electrons. The molecule has 6 nitrogen and oxygen atoms in total. The van der Waals surface area contributed by atoms with Gasteiger partial charge in [-0.25, -0.2) is 4.39 Å². The van der Waals surface area contributed by atoms with E-state index in [1.165, 1.54) is 12.1 Å². The Hall–Kier alpha value is -2.74. The molecule has 130 valence electrons. The van der Waals surface area contributed by atoms with Crippen LogP contribution < -0.4 is 10.6 Å². The Morgan fingerprint density at radius 2 is 2.04 bits per heavy atom. The van der Waals surface area contributed by atoms with E-state index in [4.69, 9.17) is 12.2 Å². The molecule has 3 aromatic rings. The standard InChI is InChI=1S/C17H19FN6S/c1-12-7-16(23(2)22-12)9-19-17(25)21-15-8-20-24(11-15)10-13-3-5-14(18)6-4-13/h3-8,11H,9-10H2,1-2H3,(H2,19,21,25). The lowest BCUT2D eigenvalue weighted by molar-refractivity contribution is 0.624. The monoisotopic (exact) mass is 358 g/mol. The zero-order valence-electron chi connectivity index (χ0n) is 14.0. The number of benzene rings is 1. The van der Waals surface area contributed by atoms with Gasteiger partial charge in [0.1, 0.15) is 5.82 Å². The van der Waals surface area contributed by atoms with Crippen molar-refractivity contribution in [2.45, 2.75) is 20.0 Å². The second-order valence-corrected chi connectivity index (χ2v) is 6.17. The number of hydrogen-bond donors (Lipinski definition) is 2. The molecule has 2 aromatic heterocycles. The summed E-state index contributed by atoms with van der Waals surface area (Å²) in [5.74, 6) is -0.244. The number of thiocarbonyl (C=S) groups is 1. The average Bonchev–Trinajstić information content (AvgIpc) is 3.13. The van der Waals surface area contributed by atoms with Gasteiger partial charge in [0.05, 0.1) is 36.4 Å². The van der Waals surface area contributed by atoms with Gasteiger partial charge in [-0.05, 0) is 42.9 Å². The first-order chi connectivity index (χ1) is 12.0. The zero-order valence-corrected chi connectivity index (χ0v) is 14.8. The highest BCUT2D eigenvalue weighted by Gasteiger charge is 2.05. The normalized spacial score (nSPS) is 10.7. The Bertz CT molecular complexity index is 868. The topological polar surface area (TPSA) is 59.7 Å². The number of nitrogens with zero attached hydrogens (tertiary/aromatic N) is 4. The minimum absolute atomic E-state index is 0.244. The van der Waals surface area contributed by atoms with Crippen molar-refractivity contribution in [2.24, 2.45) is 7.05 Å². The van der Waals surface area contributed by atoms with E-state index in [2.05, 4.69) is 20.8 Å². The van der Waals surface area contributed by atoms with E-state index in [-0.39, 0.29) is 5.82 Å². The molecule has 0 unspecified atom stereocenters. The fraction of sp³-hybridized carbons (Fsp3) is 0.235. The average molecular weight is 358 g/mol. The Morgan fingerprint density at radius 1 is 1.28 bits per heavy atom. The number of aromatic nitrogens is 4. The highest BCUT2D eigenvalue weighted by atomic mass is 32.1. The molecular weight excluding hydrogens is 339 g/mol. The maximum Gasteiger partial charge on any atom is 0.171 e. The predicted octanol–water partition coefficient (Wildman–Crippen LogP) is 2.60. The second kappa shape index (κ2) is 7.43. The van der Waals surface area contributed by atoms with Crippen LogP contribution in [0.2, 0.25) is 0 Å². The molecule has 0 saturated carbocycles. The molecule has 0 amide bonds. The number of anilines is 1. The highest BCUT2D eigenvalue weighted by Crippen LogP contribution is 2.09. The Labute approximate surface area is 150 Å². The quantitative estimate of drug-likeness (QED) is 0.687. The summed E-state index contributed by atoms with van der Waals surface area (Å²) >= 11 is 5.31. The number of aryl methyl sites for hydroxylation is 2. The SMILES string of the molecule is Cc1cc(CNC(=S)Nc2cnn(Cc3ccc(F)cc3)c2)n(C)n1. The lowest BCUT2D eigenvalue weighted by atomic mass is 10.2. The van der Waals surface area contributed by atoms with E-state index >= 15 is 0 Å². The maximum absolute atomic E-state index is 12.9. The summed E-state index contributed by atoms with van der Waals surface area (Å²) in [5.41, 5.74) is 3.79. The minimum Gasteiger partial charge on any atom is -0.357 e.